The topological polar surface area (TPSA) is 128 Å². The molecule has 11 heteroatoms. The Morgan fingerprint density at radius 1 is 1.18 bits per heavy atom. The van der Waals surface area contributed by atoms with Gasteiger partial charge in [0.25, 0.3) is 5.91 Å². The highest BCUT2D eigenvalue weighted by Crippen LogP contribution is 2.38. The van der Waals surface area contributed by atoms with Crippen LogP contribution in [0.5, 0.6) is 5.75 Å². The Balaban J connectivity index is 1.43. The Kier molecular flexibility index (Phi) is 5.51. The van der Waals surface area contributed by atoms with E-state index in [9.17, 15) is 14.7 Å². The van der Waals surface area contributed by atoms with Crippen molar-refractivity contribution in [3.05, 3.63) is 29.6 Å². The second-order valence-electron chi connectivity index (χ2n) is 9.12. The van der Waals surface area contributed by atoms with E-state index in [1.165, 1.54) is 6.33 Å². The Bertz CT molecular complexity index is 1200. The number of ketones is 1. The fourth-order valence-electron chi connectivity index (χ4n) is 5.03. The first-order valence-corrected chi connectivity index (χ1v) is 11.5. The maximum Gasteiger partial charge on any atom is 0.276 e. The van der Waals surface area contributed by atoms with Crippen molar-refractivity contribution in [2.45, 2.75) is 51.2 Å². The number of amides is 1. The van der Waals surface area contributed by atoms with Crippen LogP contribution in [0, 0.1) is 6.92 Å². The smallest absolute Gasteiger partial charge is 0.276 e. The minimum atomic E-state index is -0.510. The molecule has 0 aromatic carbocycles. The highest BCUT2D eigenvalue weighted by Gasteiger charge is 2.50. The van der Waals surface area contributed by atoms with E-state index < -0.39 is 6.04 Å². The normalized spacial score (nSPS) is 24.1. The molecule has 1 saturated heterocycles. The number of piperazine rings is 1. The molecule has 34 heavy (non-hydrogen) atoms. The fourth-order valence-corrected chi connectivity index (χ4v) is 5.03. The Labute approximate surface area is 197 Å². The lowest BCUT2D eigenvalue weighted by atomic mass is 9.79. The zero-order valence-electron chi connectivity index (χ0n) is 19.8. The molecule has 1 amide bonds. The number of carbonyl (C=O) groups is 2. The molecule has 1 saturated carbocycles. The van der Waals surface area contributed by atoms with Gasteiger partial charge in [0.05, 0.1) is 11.9 Å². The van der Waals surface area contributed by atoms with Gasteiger partial charge in [0, 0.05) is 45.0 Å². The average Bonchev–Trinajstić information content (AvgIpc) is 2.80. The maximum atomic E-state index is 13.7. The number of aromatic hydroxyl groups is 1. The van der Waals surface area contributed by atoms with Gasteiger partial charge < -0.3 is 14.9 Å². The Morgan fingerprint density at radius 3 is 2.62 bits per heavy atom. The average molecular weight is 465 g/mol. The largest absolute Gasteiger partial charge is 0.504 e. The molecule has 11 nitrogen and oxygen atoms in total. The van der Waals surface area contributed by atoms with Gasteiger partial charge in [0.1, 0.15) is 18.2 Å². The summed E-state index contributed by atoms with van der Waals surface area (Å²) in [4.78, 5) is 54.3. The number of nitrogens with zero attached hydrogens (tertiary/aromatic N) is 8. The quantitative estimate of drug-likeness (QED) is 0.713. The van der Waals surface area contributed by atoms with Gasteiger partial charge in [-0.15, -0.1) is 0 Å². The minimum Gasteiger partial charge on any atom is -0.504 e. The van der Waals surface area contributed by atoms with Crippen molar-refractivity contribution in [1.29, 1.82) is 0 Å². The number of fused-ring (bicyclic) bond motifs is 2. The summed E-state index contributed by atoms with van der Waals surface area (Å²) < 4.78 is 0. The summed E-state index contributed by atoms with van der Waals surface area (Å²) in [6.07, 6.45) is 5.25. The monoisotopic (exact) mass is 464 g/mol. The summed E-state index contributed by atoms with van der Waals surface area (Å²) in [5.74, 6) is 0.409. The van der Waals surface area contributed by atoms with Crippen LogP contribution in [0.25, 0.3) is 0 Å². The molecular formula is C23H28N8O3. The first-order chi connectivity index (χ1) is 16.3. The number of aromatic nitrogens is 4. The highest BCUT2D eigenvalue weighted by molar-refractivity contribution is 6.20. The third kappa shape index (κ3) is 3.42. The number of hydrogen-bond acceptors (Lipinski definition) is 10. The lowest BCUT2D eigenvalue weighted by Crippen LogP contribution is -2.69. The molecule has 0 radical (unpaired) electrons. The first-order valence-electron chi connectivity index (χ1n) is 11.5. The van der Waals surface area contributed by atoms with E-state index in [1.54, 1.807) is 18.0 Å². The number of anilines is 1. The third-order valence-electron chi connectivity index (χ3n) is 7.04. The summed E-state index contributed by atoms with van der Waals surface area (Å²) in [6.45, 7) is 4.58. The number of Topliss-reactive ketones (excluding diaryl/α,β-unsaturated/α-hetero) is 1. The molecule has 3 aliphatic rings. The van der Waals surface area contributed by atoms with Gasteiger partial charge >= 0.3 is 0 Å². The van der Waals surface area contributed by atoms with Gasteiger partial charge in [-0.05, 0) is 26.2 Å². The van der Waals surface area contributed by atoms with Crippen LogP contribution in [0.3, 0.4) is 0 Å². The predicted octanol–water partition coefficient (Wildman–Crippen LogP) is 1.38. The summed E-state index contributed by atoms with van der Waals surface area (Å²) >= 11 is 0. The predicted molar refractivity (Wildman–Crippen MR) is 125 cm³/mol. The fraction of sp³-hybridized carbons (Fsp3) is 0.522. The summed E-state index contributed by atoms with van der Waals surface area (Å²) in [7, 11) is 3.71. The summed E-state index contributed by atoms with van der Waals surface area (Å²) in [6, 6.07) is -0.536. The van der Waals surface area contributed by atoms with Crippen LogP contribution in [-0.2, 0) is 0 Å². The minimum absolute atomic E-state index is 0.0246. The van der Waals surface area contributed by atoms with E-state index in [2.05, 4.69) is 24.8 Å². The van der Waals surface area contributed by atoms with Crippen molar-refractivity contribution < 1.29 is 14.7 Å². The SMILES string of the molecule is CCC1=Nc2ncc(N(C)C)nc2C(=O)C1N1CCN(C(=O)c2ncnc(C)c2O)[C@H]2CC[C@@H]21. The van der Waals surface area contributed by atoms with Gasteiger partial charge in [-0.3, -0.25) is 14.5 Å². The van der Waals surface area contributed by atoms with E-state index >= 15 is 0 Å². The van der Waals surface area contributed by atoms with E-state index in [4.69, 9.17) is 4.99 Å². The molecule has 4 heterocycles. The first kappa shape index (κ1) is 22.3. The molecule has 1 N–H and O–H groups in total. The van der Waals surface area contributed by atoms with Crippen LogP contribution in [0.4, 0.5) is 11.6 Å². The molecule has 2 aromatic rings. The zero-order valence-corrected chi connectivity index (χ0v) is 19.8. The van der Waals surface area contributed by atoms with Crippen LogP contribution in [0.15, 0.2) is 17.5 Å². The lowest BCUT2D eigenvalue weighted by Gasteiger charge is -2.55. The highest BCUT2D eigenvalue weighted by atomic mass is 16.3. The van der Waals surface area contributed by atoms with Gasteiger partial charge in [-0.2, -0.15) is 0 Å². The molecule has 2 aromatic heterocycles. The van der Waals surface area contributed by atoms with E-state index in [-0.39, 0.29) is 35.2 Å². The second kappa shape index (κ2) is 8.39. The molecule has 5 rings (SSSR count). The Morgan fingerprint density at radius 2 is 1.94 bits per heavy atom. The van der Waals surface area contributed by atoms with E-state index in [0.29, 0.717) is 42.5 Å². The molecule has 178 valence electrons. The van der Waals surface area contributed by atoms with Crippen molar-refractivity contribution in [3.63, 3.8) is 0 Å². The van der Waals surface area contributed by atoms with Gasteiger partial charge in [0.15, 0.2) is 23.0 Å². The van der Waals surface area contributed by atoms with E-state index in [1.807, 2.05) is 25.9 Å². The lowest BCUT2D eigenvalue weighted by molar-refractivity contribution is -0.0324. The second-order valence-corrected chi connectivity index (χ2v) is 9.12. The van der Waals surface area contributed by atoms with E-state index in [0.717, 1.165) is 18.6 Å². The van der Waals surface area contributed by atoms with Gasteiger partial charge in [0.2, 0.25) is 5.78 Å². The molecule has 2 aliphatic heterocycles. The van der Waals surface area contributed by atoms with Crippen molar-refractivity contribution in [2.75, 3.05) is 32.1 Å². The molecule has 0 bridgehead atoms. The zero-order chi connectivity index (χ0) is 24.1. The van der Waals surface area contributed by atoms with Crippen molar-refractivity contribution in [3.8, 4) is 5.75 Å². The third-order valence-corrected chi connectivity index (χ3v) is 7.04. The molecule has 3 atom stereocenters. The number of aliphatic imine (C=N–C) groups is 1. The van der Waals surface area contributed by atoms with Crippen LogP contribution >= 0.6 is 0 Å². The molecule has 0 spiro atoms. The van der Waals surface area contributed by atoms with Crippen LogP contribution in [0.1, 0.15) is 52.9 Å². The summed E-state index contributed by atoms with van der Waals surface area (Å²) in [5, 5.41) is 10.3. The molecule has 1 aliphatic carbocycles. The van der Waals surface area contributed by atoms with Gasteiger partial charge in [-0.1, -0.05) is 6.92 Å². The number of aryl methyl sites for hydroxylation is 1. The standard InChI is InChI=1S/C23H28N8O3/c1-5-13-19(21(33)17-22(27-13)24-10-16(28-17)29(3)4)30-8-9-31(15-7-6-14(15)30)23(34)18-20(32)12(2)25-11-26-18/h10-11,14-15,19,32H,5-9H2,1-4H3/t14-,15-,19?/m0/s1. The van der Waals surface area contributed by atoms with Crippen molar-refractivity contribution >= 4 is 29.0 Å². The molecular weight excluding hydrogens is 436 g/mol. The summed E-state index contributed by atoms with van der Waals surface area (Å²) in [5.41, 5.74) is 1.47. The van der Waals surface area contributed by atoms with Crippen LogP contribution in [0.2, 0.25) is 0 Å². The number of hydrogen-bond donors (Lipinski definition) is 1. The Hall–Kier alpha value is -3.47. The number of rotatable bonds is 4. The van der Waals surface area contributed by atoms with Gasteiger partial charge in [-0.25, -0.2) is 24.9 Å². The van der Waals surface area contributed by atoms with Crippen LogP contribution < -0.4 is 4.90 Å². The van der Waals surface area contributed by atoms with Crippen molar-refractivity contribution in [1.82, 2.24) is 29.7 Å². The number of carbonyl (C=O) groups excluding carboxylic acids is 2. The molecule has 1 unspecified atom stereocenters. The van der Waals surface area contributed by atoms with Crippen LogP contribution in [-0.4, -0.2) is 97.6 Å². The van der Waals surface area contributed by atoms with Crippen molar-refractivity contribution in [2.24, 2.45) is 4.99 Å². The maximum absolute atomic E-state index is 13.7. The molecule has 2 fully saturated rings.